The quantitative estimate of drug-likeness (QED) is 0.876. The highest BCUT2D eigenvalue weighted by Crippen LogP contribution is 2.26. The molecule has 1 heterocycles. The number of carboxylic acid groups (broad SMARTS) is 1. The molecule has 1 aromatic rings. The largest absolute Gasteiger partial charge is 0.478 e. The third-order valence-electron chi connectivity index (χ3n) is 3.04. The topological polar surface area (TPSA) is 37.3 Å². The summed E-state index contributed by atoms with van der Waals surface area (Å²) in [5.74, 6) is 2.42. The number of thioether (sulfide) groups is 1. The molecular weight excluding hydrogens is 220 g/mol. The summed E-state index contributed by atoms with van der Waals surface area (Å²) in [4.78, 5) is 10.8. The molecule has 0 atom stereocenters. The third-order valence-corrected chi connectivity index (χ3v) is 4.09. The Kier molecular flexibility index (Phi) is 3.88. The van der Waals surface area contributed by atoms with E-state index in [0.29, 0.717) is 5.56 Å². The molecule has 0 amide bonds. The lowest BCUT2D eigenvalue weighted by Crippen LogP contribution is -2.12. The van der Waals surface area contributed by atoms with Crippen molar-refractivity contribution in [2.45, 2.75) is 19.3 Å². The zero-order valence-electron chi connectivity index (χ0n) is 9.19. The summed E-state index contributed by atoms with van der Waals surface area (Å²) in [7, 11) is 0. The van der Waals surface area contributed by atoms with Crippen LogP contribution < -0.4 is 0 Å². The van der Waals surface area contributed by atoms with E-state index >= 15 is 0 Å². The van der Waals surface area contributed by atoms with E-state index in [1.54, 1.807) is 6.07 Å². The van der Waals surface area contributed by atoms with Gasteiger partial charge in [0.1, 0.15) is 0 Å². The second-order valence-electron chi connectivity index (χ2n) is 4.27. The van der Waals surface area contributed by atoms with Gasteiger partial charge in [-0.25, -0.2) is 4.79 Å². The molecule has 0 aliphatic carbocycles. The predicted molar refractivity (Wildman–Crippen MR) is 67.2 cm³/mol. The Hall–Kier alpha value is -0.960. The number of carbonyl (C=O) groups is 1. The lowest BCUT2D eigenvalue weighted by Gasteiger charge is -2.21. The van der Waals surface area contributed by atoms with E-state index < -0.39 is 5.97 Å². The second-order valence-corrected chi connectivity index (χ2v) is 5.49. The van der Waals surface area contributed by atoms with E-state index in [-0.39, 0.29) is 0 Å². The average Bonchev–Trinajstić information content (AvgIpc) is 2.30. The van der Waals surface area contributed by atoms with Gasteiger partial charge in [-0.2, -0.15) is 11.8 Å². The van der Waals surface area contributed by atoms with Crippen LogP contribution in [0.25, 0.3) is 0 Å². The molecular formula is C13H16O2S. The minimum absolute atomic E-state index is 0.405. The minimum atomic E-state index is -0.832. The van der Waals surface area contributed by atoms with Gasteiger partial charge in [0.2, 0.25) is 0 Å². The first-order chi connectivity index (χ1) is 7.75. The van der Waals surface area contributed by atoms with Crippen molar-refractivity contribution in [2.24, 2.45) is 5.92 Å². The van der Waals surface area contributed by atoms with Crippen LogP contribution in [-0.2, 0) is 6.42 Å². The highest BCUT2D eigenvalue weighted by Gasteiger charge is 2.14. The predicted octanol–water partition coefficient (Wildman–Crippen LogP) is 3.07. The fraction of sp³-hybridized carbons (Fsp3) is 0.462. The standard InChI is InChI=1S/C13H16O2S/c14-13(15)12-3-1-2-11(9-12)8-10-4-6-16-7-5-10/h1-3,9-10H,4-8H2,(H,14,15). The van der Waals surface area contributed by atoms with Crippen LogP contribution in [0, 0.1) is 5.92 Å². The molecule has 1 aliphatic rings. The van der Waals surface area contributed by atoms with Crippen molar-refractivity contribution in [3.8, 4) is 0 Å². The van der Waals surface area contributed by atoms with Gasteiger partial charge in [-0.3, -0.25) is 0 Å². The molecule has 2 rings (SSSR count). The molecule has 16 heavy (non-hydrogen) atoms. The first-order valence-electron chi connectivity index (χ1n) is 5.65. The van der Waals surface area contributed by atoms with Crippen molar-refractivity contribution < 1.29 is 9.90 Å². The summed E-state index contributed by atoms with van der Waals surface area (Å²) in [6.45, 7) is 0. The van der Waals surface area contributed by atoms with Crippen molar-refractivity contribution in [2.75, 3.05) is 11.5 Å². The van der Waals surface area contributed by atoms with Gasteiger partial charge in [0.05, 0.1) is 5.56 Å². The molecule has 0 aromatic heterocycles. The van der Waals surface area contributed by atoms with Crippen LogP contribution in [0.5, 0.6) is 0 Å². The van der Waals surface area contributed by atoms with Gasteiger partial charge in [-0.05, 0) is 54.4 Å². The third kappa shape index (κ3) is 3.01. The Labute approximate surface area is 100 Å². The highest BCUT2D eigenvalue weighted by atomic mass is 32.2. The molecule has 1 fully saturated rings. The van der Waals surface area contributed by atoms with Crippen LogP contribution in [0.15, 0.2) is 24.3 Å². The first kappa shape index (κ1) is 11.5. The Morgan fingerprint density at radius 3 is 2.81 bits per heavy atom. The van der Waals surface area contributed by atoms with E-state index in [1.165, 1.54) is 24.3 Å². The Morgan fingerprint density at radius 1 is 1.38 bits per heavy atom. The maximum Gasteiger partial charge on any atom is 0.335 e. The van der Waals surface area contributed by atoms with E-state index in [1.807, 2.05) is 30.0 Å². The number of benzene rings is 1. The number of rotatable bonds is 3. The number of hydrogen-bond acceptors (Lipinski definition) is 2. The Bertz CT molecular complexity index is 370. The summed E-state index contributed by atoms with van der Waals surface area (Å²) in [6.07, 6.45) is 3.56. The monoisotopic (exact) mass is 236 g/mol. The van der Waals surface area contributed by atoms with Gasteiger partial charge in [-0.15, -0.1) is 0 Å². The van der Waals surface area contributed by atoms with Crippen LogP contribution in [0.4, 0.5) is 0 Å². The molecule has 86 valence electrons. The maximum absolute atomic E-state index is 10.8. The molecule has 3 heteroatoms. The molecule has 1 aliphatic heterocycles. The molecule has 2 nitrogen and oxygen atoms in total. The lowest BCUT2D eigenvalue weighted by molar-refractivity contribution is 0.0696. The molecule has 0 unspecified atom stereocenters. The summed E-state index contributed by atoms with van der Waals surface area (Å²) in [5, 5.41) is 8.91. The minimum Gasteiger partial charge on any atom is -0.478 e. The summed E-state index contributed by atoms with van der Waals surface area (Å²) >= 11 is 2.02. The number of hydrogen-bond donors (Lipinski definition) is 1. The van der Waals surface area contributed by atoms with Crippen LogP contribution in [0.1, 0.15) is 28.8 Å². The SMILES string of the molecule is O=C(O)c1cccc(CC2CCSCC2)c1. The summed E-state index contributed by atoms with van der Waals surface area (Å²) < 4.78 is 0. The molecule has 0 bridgehead atoms. The lowest BCUT2D eigenvalue weighted by atomic mass is 9.93. The smallest absolute Gasteiger partial charge is 0.335 e. The fourth-order valence-corrected chi connectivity index (χ4v) is 3.32. The van der Waals surface area contributed by atoms with Crippen molar-refractivity contribution in [1.82, 2.24) is 0 Å². The van der Waals surface area contributed by atoms with Gasteiger partial charge in [0, 0.05) is 0 Å². The molecule has 0 saturated carbocycles. The summed E-state index contributed by atoms with van der Waals surface area (Å²) in [6, 6.07) is 7.34. The van der Waals surface area contributed by atoms with Crippen molar-refractivity contribution in [3.63, 3.8) is 0 Å². The van der Waals surface area contributed by atoms with E-state index in [0.717, 1.165) is 17.9 Å². The van der Waals surface area contributed by atoms with Gasteiger partial charge in [0.15, 0.2) is 0 Å². The Morgan fingerprint density at radius 2 is 2.12 bits per heavy atom. The number of carboxylic acids is 1. The van der Waals surface area contributed by atoms with E-state index in [9.17, 15) is 4.79 Å². The van der Waals surface area contributed by atoms with Crippen LogP contribution >= 0.6 is 11.8 Å². The van der Waals surface area contributed by atoms with Crippen LogP contribution in [-0.4, -0.2) is 22.6 Å². The van der Waals surface area contributed by atoms with E-state index in [4.69, 9.17) is 5.11 Å². The van der Waals surface area contributed by atoms with Gasteiger partial charge in [0.25, 0.3) is 0 Å². The average molecular weight is 236 g/mol. The Balaban J connectivity index is 2.02. The zero-order valence-corrected chi connectivity index (χ0v) is 10.0. The molecule has 1 aromatic carbocycles. The normalized spacial score (nSPS) is 17.2. The molecule has 0 spiro atoms. The second kappa shape index (κ2) is 5.39. The number of aromatic carboxylic acids is 1. The first-order valence-corrected chi connectivity index (χ1v) is 6.81. The van der Waals surface area contributed by atoms with Crippen molar-refractivity contribution >= 4 is 17.7 Å². The summed E-state index contributed by atoms with van der Waals surface area (Å²) in [5.41, 5.74) is 1.57. The van der Waals surface area contributed by atoms with Crippen molar-refractivity contribution in [1.29, 1.82) is 0 Å². The van der Waals surface area contributed by atoms with Crippen LogP contribution in [0.2, 0.25) is 0 Å². The van der Waals surface area contributed by atoms with Gasteiger partial charge >= 0.3 is 5.97 Å². The fourth-order valence-electron chi connectivity index (χ4n) is 2.12. The van der Waals surface area contributed by atoms with Gasteiger partial charge in [-0.1, -0.05) is 12.1 Å². The molecule has 1 N–H and O–H groups in total. The zero-order chi connectivity index (χ0) is 11.4. The van der Waals surface area contributed by atoms with Crippen LogP contribution in [0.3, 0.4) is 0 Å². The molecule has 1 saturated heterocycles. The van der Waals surface area contributed by atoms with Crippen molar-refractivity contribution in [3.05, 3.63) is 35.4 Å². The van der Waals surface area contributed by atoms with Gasteiger partial charge < -0.3 is 5.11 Å². The maximum atomic E-state index is 10.8. The molecule has 0 radical (unpaired) electrons. The van der Waals surface area contributed by atoms with E-state index in [2.05, 4.69) is 0 Å². The highest BCUT2D eigenvalue weighted by molar-refractivity contribution is 7.99.